The molecule has 0 aliphatic carbocycles. The Bertz CT molecular complexity index is 353. The quantitative estimate of drug-likeness (QED) is 0.791. The highest BCUT2D eigenvalue weighted by atomic mass is 35.5. The third kappa shape index (κ3) is 3.14. The van der Waals surface area contributed by atoms with Crippen LogP contribution in [0.3, 0.4) is 0 Å². The summed E-state index contributed by atoms with van der Waals surface area (Å²) in [4.78, 5) is 0. The molecule has 0 aromatic heterocycles. The Morgan fingerprint density at radius 1 is 1.27 bits per heavy atom. The molecule has 1 aromatic rings. The van der Waals surface area contributed by atoms with Crippen molar-refractivity contribution in [2.75, 3.05) is 0 Å². The Labute approximate surface area is 92.7 Å². The van der Waals surface area contributed by atoms with Gasteiger partial charge >= 0.3 is 0 Å². The van der Waals surface area contributed by atoms with E-state index in [1.54, 1.807) is 0 Å². The zero-order chi connectivity index (χ0) is 11.6. The fourth-order valence-corrected chi connectivity index (χ4v) is 1.64. The van der Waals surface area contributed by atoms with E-state index in [1.165, 1.54) is 0 Å². The second-order valence-corrected chi connectivity index (χ2v) is 4.34. The van der Waals surface area contributed by atoms with Gasteiger partial charge in [0.1, 0.15) is 0 Å². The van der Waals surface area contributed by atoms with Crippen LogP contribution in [0.15, 0.2) is 12.1 Å². The Balaban J connectivity index is 2.98. The molecule has 1 aromatic carbocycles. The summed E-state index contributed by atoms with van der Waals surface area (Å²) in [5, 5.41) is 9.77. The number of aliphatic hydroxyl groups is 1. The Morgan fingerprint density at radius 2 is 1.80 bits per heavy atom. The summed E-state index contributed by atoms with van der Waals surface area (Å²) in [5.41, 5.74) is 0.240. The zero-order valence-corrected chi connectivity index (χ0v) is 9.35. The van der Waals surface area contributed by atoms with Crippen LogP contribution in [0.5, 0.6) is 0 Å². The van der Waals surface area contributed by atoms with Crippen molar-refractivity contribution in [1.82, 2.24) is 0 Å². The van der Waals surface area contributed by atoms with Crippen LogP contribution in [-0.2, 0) is 0 Å². The largest absolute Gasteiger partial charge is 0.388 e. The van der Waals surface area contributed by atoms with Crippen molar-refractivity contribution in [2.45, 2.75) is 26.4 Å². The maximum Gasteiger partial charge on any atom is 0.160 e. The minimum Gasteiger partial charge on any atom is -0.388 e. The molecule has 1 atom stereocenters. The standard InChI is InChI=1S/C11H13ClF2O/c1-6(2)3-11(15)7-4-9(13)10(14)5-8(7)12/h4-6,11,15H,3H2,1-2H3. The number of rotatable bonds is 3. The van der Waals surface area contributed by atoms with Crippen molar-refractivity contribution >= 4 is 11.6 Å². The highest BCUT2D eigenvalue weighted by Crippen LogP contribution is 2.29. The van der Waals surface area contributed by atoms with E-state index in [0.717, 1.165) is 12.1 Å². The normalized spacial score (nSPS) is 13.3. The van der Waals surface area contributed by atoms with Gasteiger partial charge in [-0.15, -0.1) is 0 Å². The molecule has 4 heteroatoms. The molecule has 0 heterocycles. The zero-order valence-electron chi connectivity index (χ0n) is 8.60. The number of benzene rings is 1. The van der Waals surface area contributed by atoms with Crippen LogP contribution in [0.4, 0.5) is 8.78 Å². The predicted molar refractivity (Wildman–Crippen MR) is 55.8 cm³/mol. The van der Waals surface area contributed by atoms with Crippen LogP contribution in [0.25, 0.3) is 0 Å². The topological polar surface area (TPSA) is 20.2 Å². The molecule has 0 bridgehead atoms. The molecule has 0 amide bonds. The molecule has 0 fully saturated rings. The summed E-state index contributed by atoms with van der Waals surface area (Å²) in [7, 11) is 0. The molecule has 0 aliphatic rings. The Kier molecular flexibility index (Phi) is 4.05. The summed E-state index contributed by atoms with van der Waals surface area (Å²) >= 11 is 5.71. The van der Waals surface area contributed by atoms with Crippen molar-refractivity contribution in [3.8, 4) is 0 Å². The first-order valence-corrected chi connectivity index (χ1v) is 5.12. The molecule has 0 saturated carbocycles. The number of aliphatic hydroxyl groups excluding tert-OH is 1. The molecular weight excluding hydrogens is 222 g/mol. The highest BCUT2D eigenvalue weighted by Gasteiger charge is 2.16. The van der Waals surface area contributed by atoms with Crippen LogP contribution in [0, 0.1) is 17.6 Å². The van der Waals surface area contributed by atoms with Crippen molar-refractivity contribution in [2.24, 2.45) is 5.92 Å². The fraction of sp³-hybridized carbons (Fsp3) is 0.455. The van der Waals surface area contributed by atoms with Crippen LogP contribution in [-0.4, -0.2) is 5.11 Å². The van der Waals surface area contributed by atoms with Gasteiger partial charge in [0.25, 0.3) is 0 Å². The average Bonchev–Trinajstić information content (AvgIpc) is 2.09. The van der Waals surface area contributed by atoms with Gasteiger partial charge in [0.05, 0.1) is 6.10 Å². The van der Waals surface area contributed by atoms with E-state index in [2.05, 4.69) is 0 Å². The van der Waals surface area contributed by atoms with Crippen LogP contribution >= 0.6 is 11.6 Å². The minimum atomic E-state index is -1.000. The summed E-state index contributed by atoms with van der Waals surface area (Å²) < 4.78 is 25.7. The Morgan fingerprint density at radius 3 is 2.33 bits per heavy atom. The first kappa shape index (κ1) is 12.4. The van der Waals surface area contributed by atoms with Gasteiger partial charge in [-0.2, -0.15) is 0 Å². The summed E-state index contributed by atoms with van der Waals surface area (Å²) in [6.07, 6.45) is -0.391. The van der Waals surface area contributed by atoms with E-state index in [0.29, 0.717) is 6.42 Å². The molecule has 0 aliphatic heterocycles. The highest BCUT2D eigenvalue weighted by molar-refractivity contribution is 6.31. The number of hydrogen-bond donors (Lipinski definition) is 1. The van der Waals surface area contributed by atoms with Crippen molar-refractivity contribution in [3.63, 3.8) is 0 Å². The molecule has 1 nitrogen and oxygen atoms in total. The van der Waals surface area contributed by atoms with Gasteiger partial charge in [-0.1, -0.05) is 25.4 Å². The van der Waals surface area contributed by atoms with Crippen LogP contribution < -0.4 is 0 Å². The average molecular weight is 235 g/mol. The maximum atomic E-state index is 12.9. The van der Waals surface area contributed by atoms with Gasteiger partial charge in [-0.05, 0) is 24.5 Å². The van der Waals surface area contributed by atoms with E-state index in [1.807, 2.05) is 13.8 Å². The van der Waals surface area contributed by atoms with Gasteiger partial charge in [0, 0.05) is 10.6 Å². The minimum absolute atomic E-state index is 0.0575. The fourth-order valence-electron chi connectivity index (χ4n) is 1.37. The molecule has 1 rings (SSSR count). The molecule has 84 valence electrons. The number of hydrogen-bond acceptors (Lipinski definition) is 1. The van der Waals surface area contributed by atoms with E-state index in [9.17, 15) is 13.9 Å². The third-order valence-electron chi connectivity index (χ3n) is 2.09. The summed E-state index contributed by atoms with van der Waals surface area (Å²) in [5.74, 6) is -1.73. The van der Waals surface area contributed by atoms with Crippen LogP contribution in [0.1, 0.15) is 31.9 Å². The van der Waals surface area contributed by atoms with Gasteiger partial charge in [-0.25, -0.2) is 8.78 Å². The third-order valence-corrected chi connectivity index (χ3v) is 2.42. The van der Waals surface area contributed by atoms with Gasteiger partial charge in [0.2, 0.25) is 0 Å². The van der Waals surface area contributed by atoms with E-state index in [4.69, 9.17) is 11.6 Å². The second kappa shape index (κ2) is 4.90. The smallest absolute Gasteiger partial charge is 0.160 e. The Hall–Kier alpha value is -0.670. The summed E-state index contributed by atoms with van der Waals surface area (Å²) in [6.45, 7) is 3.86. The predicted octanol–water partition coefficient (Wildman–Crippen LogP) is 3.70. The molecule has 0 spiro atoms. The second-order valence-electron chi connectivity index (χ2n) is 3.93. The van der Waals surface area contributed by atoms with E-state index in [-0.39, 0.29) is 16.5 Å². The molecule has 15 heavy (non-hydrogen) atoms. The molecule has 1 unspecified atom stereocenters. The van der Waals surface area contributed by atoms with E-state index < -0.39 is 17.7 Å². The summed E-state index contributed by atoms with van der Waals surface area (Å²) in [6, 6.07) is 1.83. The lowest BCUT2D eigenvalue weighted by atomic mass is 9.99. The van der Waals surface area contributed by atoms with Gasteiger partial charge < -0.3 is 5.11 Å². The molecule has 0 radical (unpaired) electrons. The molecule has 0 saturated heterocycles. The van der Waals surface area contributed by atoms with Crippen molar-refractivity contribution < 1.29 is 13.9 Å². The van der Waals surface area contributed by atoms with Crippen LogP contribution in [0.2, 0.25) is 5.02 Å². The SMILES string of the molecule is CC(C)CC(O)c1cc(F)c(F)cc1Cl. The molecular formula is C11H13ClF2O. The van der Waals surface area contributed by atoms with Gasteiger partial charge in [0.15, 0.2) is 11.6 Å². The van der Waals surface area contributed by atoms with Crippen molar-refractivity contribution in [1.29, 1.82) is 0 Å². The monoisotopic (exact) mass is 234 g/mol. The lowest BCUT2D eigenvalue weighted by molar-refractivity contribution is 0.150. The first-order valence-electron chi connectivity index (χ1n) is 4.74. The lowest BCUT2D eigenvalue weighted by Crippen LogP contribution is -2.04. The number of halogens is 3. The van der Waals surface area contributed by atoms with E-state index >= 15 is 0 Å². The van der Waals surface area contributed by atoms with Crippen molar-refractivity contribution in [3.05, 3.63) is 34.4 Å². The van der Waals surface area contributed by atoms with Gasteiger partial charge in [-0.3, -0.25) is 0 Å². The first-order chi connectivity index (χ1) is 6.91. The molecule has 1 N–H and O–H groups in total. The maximum absolute atomic E-state index is 12.9. The lowest BCUT2D eigenvalue weighted by Gasteiger charge is -2.15.